The fraction of sp³-hybridized carbons (Fsp3) is 0.300. The van der Waals surface area contributed by atoms with Gasteiger partial charge in [-0.3, -0.25) is 4.79 Å². The first kappa shape index (κ1) is 24.9. The Morgan fingerprint density at radius 3 is 2.46 bits per heavy atom. The van der Waals surface area contributed by atoms with Crippen LogP contribution in [0, 0.1) is 0 Å². The van der Waals surface area contributed by atoms with Crippen molar-refractivity contribution in [1.29, 1.82) is 0 Å². The van der Waals surface area contributed by atoms with Gasteiger partial charge in [-0.15, -0.1) is 0 Å². The molecule has 0 aliphatic heterocycles. The number of benzene rings is 3. The fourth-order valence-corrected chi connectivity index (χ4v) is 5.30. The molecule has 4 nitrogen and oxygen atoms in total. The highest BCUT2D eigenvalue weighted by Crippen LogP contribution is 2.37. The lowest BCUT2D eigenvalue weighted by atomic mass is 10.00. The molecule has 1 N–H and O–H groups in total. The Labute approximate surface area is 211 Å². The van der Waals surface area contributed by atoms with E-state index in [1.807, 2.05) is 54.8 Å². The molecule has 0 saturated carbocycles. The number of ether oxygens (including phenoxy) is 1. The molecule has 4 rings (SSSR count). The SMILES string of the molecule is CCCCc1c(OCCCSCC(C(=O)O)c2ccccc2)ccc2c(-c3ccccc3)coc12. The van der Waals surface area contributed by atoms with Crippen LogP contribution in [-0.4, -0.2) is 29.2 Å². The highest BCUT2D eigenvalue weighted by Gasteiger charge is 2.19. The molecule has 0 bridgehead atoms. The van der Waals surface area contributed by atoms with E-state index in [0.717, 1.165) is 70.4 Å². The topological polar surface area (TPSA) is 59.7 Å². The predicted molar refractivity (Wildman–Crippen MR) is 145 cm³/mol. The first-order valence-electron chi connectivity index (χ1n) is 12.3. The molecule has 0 amide bonds. The van der Waals surface area contributed by atoms with Crippen LogP contribution in [0.15, 0.2) is 83.5 Å². The molecule has 0 aliphatic carbocycles. The molecule has 1 unspecified atom stereocenters. The van der Waals surface area contributed by atoms with Crippen LogP contribution in [0.3, 0.4) is 0 Å². The van der Waals surface area contributed by atoms with Gasteiger partial charge in [-0.2, -0.15) is 11.8 Å². The summed E-state index contributed by atoms with van der Waals surface area (Å²) in [6, 6.07) is 23.9. The van der Waals surface area contributed by atoms with Gasteiger partial charge >= 0.3 is 5.97 Å². The van der Waals surface area contributed by atoms with Crippen LogP contribution in [0.25, 0.3) is 22.1 Å². The van der Waals surface area contributed by atoms with E-state index in [0.29, 0.717) is 12.4 Å². The van der Waals surface area contributed by atoms with E-state index in [2.05, 4.69) is 31.2 Å². The second-order valence-electron chi connectivity index (χ2n) is 8.62. The summed E-state index contributed by atoms with van der Waals surface area (Å²) in [5, 5.41) is 10.7. The summed E-state index contributed by atoms with van der Waals surface area (Å²) in [5.41, 5.74) is 5.15. The molecule has 0 aliphatic rings. The number of aliphatic carboxylic acids is 1. The van der Waals surface area contributed by atoms with Crippen LogP contribution in [0.4, 0.5) is 0 Å². The summed E-state index contributed by atoms with van der Waals surface area (Å²) in [5.74, 6) is 1.03. The number of carboxylic acid groups (broad SMARTS) is 1. The highest BCUT2D eigenvalue weighted by molar-refractivity contribution is 7.99. The van der Waals surface area contributed by atoms with Crippen molar-refractivity contribution in [3.05, 3.63) is 90.2 Å². The summed E-state index contributed by atoms with van der Waals surface area (Å²) in [6.45, 7) is 2.78. The molecule has 1 heterocycles. The maximum absolute atomic E-state index is 11.7. The minimum absolute atomic E-state index is 0.483. The van der Waals surface area contributed by atoms with Crippen LogP contribution in [0.1, 0.15) is 43.2 Å². The van der Waals surface area contributed by atoms with E-state index in [4.69, 9.17) is 9.15 Å². The maximum Gasteiger partial charge on any atom is 0.311 e. The fourth-order valence-electron chi connectivity index (χ4n) is 4.24. The Morgan fingerprint density at radius 1 is 1.00 bits per heavy atom. The first-order chi connectivity index (χ1) is 17.2. The van der Waals surface area contributed by atoms with Crippen molar-refractivity contribution >= 4 is 28.7 Å². The number of carboxylic acids is 1. The third-order valence-corrected chi connectivity index (χ3v) is 7.29. The summed E-state index contributed by atoms with van der Waals surface area (Å²) >= 11 is 1.66. The zero-order valence-corrected chi connectivity index (χ0v) is 20.9. The van der Waals surface area contributed by atoms with Crippen molar-refractivity contribution < 1.29 is 19.1 Å². The molecular weight excluding hydrogens is 456 g/mol. The number of unbranched alkanes of at least 4 members (excludes halogenated alkanes) is 1. The summed E-state index contributed by atoms with van der Waals surface area (Å²) in [7, 11) is 0. The van der Waals surface area contributed by atoms with Gasteiger partial charge in [0.15, 0.2) is 0 Å². The zero-order valence-electron chi connectivity index (χ0n) is 20.1. The predicted octanol–water partition coefficient (Wildman–Crippen LogP) is 7.81. The minimum atomic E-state index is -0.776. The molecule has 0 spiro atoms. The molecule has 1 aromatic heterocycles. The van der Waals surface area contributed by atoms with Crippen LogP contribution in [0.2, 0.25) is 0 Å². The second-order valence-corrected chi connectivity index (χ2v) is 9.77. The first-order valence-corrected chi connectivity index (χ1v) is 13.4. The largest absolute Gasteiger partial charge is 0.493 e. The van der Waals surface area contributed by atoms with Crippen LogP contribution in [0.5, 0.6) is 5.75 Å². The number of hydrogen-bond donors (Lipinski definition) is 1. The molecule has 0 fully saturated rings. The van der Waals surface area contributed by atoms with Crippen molar-refractivity contribution in [2.75, 3.05) is 18.1 Å². The molecule has 5 heteroatoms. The van der Waals surface area contributed by atoms with Crippen molar-refractivity contribution in [1.82, 2.24) is 0 Å². The lowest BCUT2D eigenvalue weighted by molar-refractivity contribution is -0.138. The maximum atomic E-state index is 11.7. The number of thioether (sulfide) groups is 1. The van der Waals surface area contributed by atoms with Crippen LogP contribution >= 0.6 is 11.8 Å². The normalized spacial score (nSPS) is 12.0. The smallest absolute Gasteiger partial charge is 0.311 e. The van der Waals surface area contributed by atoms with Gasteiger partial charge in [0.25, 0.3) is 0 Å². The Balaban J connectivity index is 1.37. The third-order valence-electron chi connectivity index (χ3n) is 6.14. The number of fused-ring (bicyclic) bond motifs is 1. The van der Waals surface area contributed by atoms with E-state index < -0.39 is 11.9 Å². The number of rotatable bonds is 13. The molecule has 0 radical (unpaired) electrons. The second kappa shape index (κ2) is 12.5. The molecule has 35 heavy (non-hydrogen) atoms. The van der Waals surface area contributed by atoms with Gasteiger partial charge in [0.2, 0.25) is 0 Å². The van der Waals surface area contributed by atoms with Gasteiger partial charge in [0.05, 0.1) is 18.8 Å². The molecular formula is C30H32O4S. The Morgan fingerprint density at radius 2 is 1.74 bits per heavy atom. The molecule has 3 aromatic carbocycles. The van der Waals surface area contributed by atoms with Gasteiger partial charge in [-0.05, 0) is 48.3 Å². The molecule has 1 atom stereocenters. The molecule has 0 saturated heterocycles. The minimum Gasteiger partial charge on any atom is -0.493 e. The number of carbonyl (C=O) groups is 1. The standard InChI is InChI=1S/C30H32O4S/c1-2-3-15-25-28(17-16-24-26(20-34-29(24)25)22-11-6-4-7-12-22)33-18-10-19-35-21-27(30(31)32)23-13-8-5-9-14-23/h4-9,11-14,16-17,20,27H,2-3,10,15,18-19,21H2,1H3,(H,31,32). The Hall–Kier alpha value is -3.18. The summed E-state index contributed by atoms with van der Waals surface area (Å²) < 4.78 is 12.3. The molecule has 4 aromatic rings. The number of hydrogen-bond acceptors (Lipinski definition) is 4. The number of furan rings is 1. The van der Waals surface area contributed by atoms with E-state index in [9.17, 15) is 9.90 Å². The molecule has 182 valence electrons. The van der Waals surface area contributed by atoms with Gasteiger partial charge < -0.3 is 14.3 Å². The van der Waals surface area contributed by atoms with Gasteiger partial charge in [-0.25, -0.2) is 0 Å². The monoisotopic (exact) mass is 488 g/mol. The van der Waals surface area contributed by atoms with Crippen LogP contribution in [-0.2, 0) is 11.2 Å². The summed E-state index contributed by atoms with van der Waals surface area (Å²) in [6.07, 6.45) is 5.79. The third kappa shape index (κ3) is 6.29. The van der Waals surface area contributed by atoms with E-state index in [1.165, 1.54) is 0 Å². The lowest BCUT2D eigenvalue weighted by Crippen LogP contribution is -2.14. The van der Waals surface area contributed by atoms with Gasteiger partial charge in [0.1, 0.15) is 11.3 Å². The van der Waals surface area contributed by atoms with Crippen LogP contribution < -0.4 is 4.74 Å². The zero-order chi connectivity index (χ0) is 24.5. The Bertz CT molecular complexity index is 1220. The quantitative estimate of drug-likeness (QED) is 0.194. The average Bonchev–Trinajstić information content (AvgIpc) is 3.32. The highest BCUT2D eigenvalue weighted by atomic mass is 32.2. The van der Waals surface area contributed by atoms with E-state index >= 15 is 0 Å². The van der Waals surface area contributed by atoms with E-state index in [-0.39, 0.29) is 0 Å². The van der Waals surface area contributed by atoms with Gasteiger partial charge in [0, 0.05) is 22.3 Å². The summed E-state index contributed by atoms with van der Waals surface area (Å²) in [4.78, 5) is 11.7. The lowest BCUT2D eigenvalue weighted by Gasteiger charge is -2.14. The average molecular weight is 489 g/mol. The van der Waals surface area contributed by atoms with Crippen molar-refractivity contribution in [2.24, 2.45) is 0 Å². The van der Waals surface area contributed by atoms with Crippen molar-refractivity contribution in [2.45, 2.75) is 38.5 Å². The Kier molecular flexibility index (Phi) is 8.90. The van der Waals surface area contributed by atoms with Crippen molar-refractivity contribution in [3.8, 4) is 16.9 Å². The van der Waals surface area contributed by atoms with Crippen molar-refractivity contribution in [3.63, 3.8) is 0 Å². The number of aryl methyl sites for hydroxylation is 1. The van der Waals surface area contributed by atoms with Gasteiger partial charge in [-0.1, -0.05) is 74.0 Å². The van der Waals surface area contributed by atoms with E-state index in [1.54, 1.807) is 11.8 Å².